The van der Waals surface area contributed by atoms with Gasteiger partial charge in [-0.1, -0.05) is 23.7 Å². The monoisotopic (exact) mass is 301 g/mol. The molecule has 1 aliphatic carbocycles. The predicted octanol–water partition coefficient (Wildman–Crippen LogP) is 4.20. The topological polar surface area (TPSA) is 63.2 Å². The van der Waals surface area contributed by atoms with Gasteiger partial charge in [0.25, 0.3) is 0 Å². The highest BCUT2D eigenvalue weighted by atomic mass is 35.5. The van der Waals surface area contributed by atoms with E-state index in [-0.39, 0.29) is 5.76 Å². The number of esters is 1. The van der Waals surface area contributed by atoms with Gasteiger partial charge in [0.2, 0.25) is 5.76 Å². The Morgan fingerprint density at radius 2 is 2.05 bits per heavy atom. The molecule has 21 heavy (non-hydrogen) atoms. The summed E-state index contributed by atoms with van der Waals surface area (Å²) in [6.45, 7) is 0. The fourth-order valence-corrected chi connectivity index (χ4v) is 2.44. The molecule has 4 nitrogen and oxygen atoms in total. The number of hydrogen-bond donors (Lipinski definition) is 0. The second-order valence-electron chi connectivity index (χ2n) is 4.99. The number of furan rings is 1. The van der Waals surface area contributed by atoms with Crippen molar-refractivity contribution in [1.82, 2.24) is 0 Å². The Hall–Kier alpha value is -2.25. The van der Waals surface area contributed by atoms with Gasteiger partial charge in [-0.2, -0.15) is 5.26 Å². The van der Waals surface area contributed by atoms with Gasteiger partial charge in [0.05, 0.1) is 5.02 Å². The largest absolute Gasteiger partial charge is 0.449 e. The van der Waals surface area contributed by atoms with Crippen LogP contribution in [0.5, 0.6) is 0 Å². The average molecular weight is 302 g/mol. The zero-order chi connectivity index (χ0) is 14.9. The maximum Gasteiger partial charge on any atom is 0.375 e. The first-order valence-corrected chi connectivity index (χ1v) is 7.01. The molecule has 1 saturated carbocycles. The summed E-state index contributed by atoms with van der Waals surface area (Å²) in [5, 5.41) is 9.62. The molecule has 0 radical (unpaired) electrons. The first-order valence-electron chi connectivity index (χ1n) is 6.63. The Morgan fingerprint density at radius 3 is 2.67 bits per heavy atom. The van der Waals surface area contributed by atoms with Crippen molar-refractivity contribution in [3.63, 3.8) is 0 Å². The Labute approximate surface area is 126 Å². The third-order valence-electron chi connectivity index (χ3n) is 3.60. The highest BCUT2D eigenvalue weighted by molar-refractivity contribution is 6.33. The third-order valence-corrected chi connectivity index (χ3v) is 3.93. The normalized spacial score (nSPS) is 15.8. The molecule has 1 aromatic carbocycles. The van der Waals surface area contributed by atoms with Gasteiger partial charge in [-0.15, -0.1) is 0 Å². The van der Waals surface area contributed by atoms with Crippen LogP contribution < -0.4 is 0 Å². The van der Waals surface area contributed by atoms with E-state index in [0.29, 0.717) is 29.2 Å². The van der Waals surface area contributed by atoms with Crippen LogP contribution in [0.15, 0.2) is 40.8 Å². The third kappa shape index (κ3) is 2.53. The van der Waals surface area contributed by atoms with Gasteiger partial charge in [-0.3, -0.25) is 0 Å². The van der Waals surface area contributed by atoms with Gasteiger partial charge >= 0.3 is 5.97 Å². The predicted molar refractivity (Wildman–Crippen MR) is 76.8 cm³/mol. The first-order chi connectivity index (χ1) is 10.1. The molecular weight excluding hydrogens is 290 g/mol. The summed E-state index contributed by atoms with van der Waals surface area (Å²) in [5.74, 6) is -0.0480. The lowest BCUT2D eigenvalue weighted by molar-refractivity contribution is -0.0296. The molecular formula is C16H12ClNO3. The van der Waals surface area contributed by atoms with E-state index in [4.69, 9.17) is 26.0 Å². The molecule has 1 fully saturated rings. The number of benzene rings is 1. The number of nitrogens with zero attached hydrogens (tertiary/aromatic N) is 1. The summed E-state index contributed by atoms with van der Waals surface area (Å²) in [5.41, 5.74) is -0.272. The number of ether oxygens (including phenoxy) is 1. The van der Waals surface area contributed by atoms with Gasteiger partial charge in [0, 0.05) is 18.4 Å². The number of rotatable bonds is 3. The first kappa shape index (κ1) is 13.7. The molecule has 0 unspecified atom stereocenters. The van der Waals surface area contributed by atoms with Crippen molar-refractivity contribution >= 4 is 17.6 Å². The Balaban J connectivity index is 1.81. The highest BCUT2D eigenvalue weighted by Crippen LogP contribution is 2.36. The van der Waals surface area contributed by atoms with Crippen LogP contribution in [0, 0.1) is 11.3 Å². The van der Waals surface area contributed by atoms with Crippen molar-refractivity contribution in [3.05, 3.63) is 47.2 Å². The number of nitriles is 1. The van der Waals surface area contributed by atoms with Crippen LogP contribution in [0.1, 0.15) is 29.8 Å². The molecule has 5 heteroatoms. The molecule has 0 bridgehead atoms. The maximum atomic E-state index is 12.0. The van der Waals surface area contributed by atoms with E-state index in [0.717, 1.165) is 6.42 Å². The van der Waals surface area contributed by atoms with Crippen molar-refractivity contribution in [2.75, 3.05) is 0 Å². The van der Waals surface area contributed by atoms with Crippen LogP contribution in [-0.2, 0) is 4.74 Å². The van der Waals surface area contributed by atoms with Gasteiger partial charge in [-0.05, 0) is 30.7 Å². The van der Waals surface area contributed by atoms with Crippen LogP contribution in [0.25, 0.3) is 11.3 Å². The quantitative estimate of drug-likeness (QED) is 0.797. The molecule has 2 aromatic rings. The van der Waals surface area contributed by atoms with Crippen molar-refractivity contribution < 1.29 is 13.9 Å². The molecule has 0 spiro atoms. The summed E-state index contributed by atoms with van der Waals surface area (Å²) < 4.78 is 10.8. The number of carbonyl (C=O) groups is 1. The molecule has 0 aliphatic heterocycles. The lowest BCUT2D eigenvalue weighted by Crippen LogP contribution is -2.40. The smallest absolute Gasteiger partial charge is 0.375 e. The maximum absolute atomic E-state index is 12.0. The zero-order valence-electron chi connectivity index (χ0n) is 11.1. The van der Waals surface area contributed by atoms with Crippen LogP contribution in [0.2, 0.25) is 5.02 Å². The Kier molecular flexibility index (Phi) is 3.44. The molecule has 3 rings (SSSR count). The Bertz CT molecular complexity index is 725. The second-order valence-corrected chi connectivity index (χ2v) is 5.40. The van der Waals surface area contributed by atoms with Crippen molar-refractivity contribution in [2.24, 2.45) is 0 Å². The minimum absolute atomic E-state index is 0.0754. The van der Waals surface area contributed by atoms with Crippen LogP contribution in [0.4, 0.5) is 0 Å². The van der Waals surface area contributed by atoms with E-state index in [1.54, 1.807) is 18.2 Å². The lowest BCUT2D eigenvalue weighted by atomic mass is 9.81. The average Bonchev–Trinajstić information content (AvgIpc) is 2.93. The summed E-state index contributed by atoms with van der Waals surface area (Å²) in [6.07, 6.45) is 2.05. The SMILES string of the molecule is N#CC1(OC(=O)c2ccc(-c3ccccc3Cl)o2)CCC1. The fraction of sp³-hybridized carbons (Fsp3) is 0.250. The van der Waals surface area contributed by atoms with E-state index < -0.39 is 11.6 Å². The van der Waals surface area contributed by atoms with Crippen molar-refractivity contribution in [3.8, 4) is 17.4 Å². The number of halogens is 1. The lowest BCUT2D eigenvalue weighted by Gasteiger charge is -2.33. The van der Waals surface area contributed by atoms with E-state index in [1.807, 2.05) is 12.1 Å². The van der Waals surface area contributed by atoms with E-state index in [2.05, 4.69) is 6.07 Å². The van der Waals surface area contributed by atoms with Crippen LogP contribution >= 0.6 is 11.6 Å². The summed E-state index contributed by atoms with van der Waals surface area (Å²) >= 11 is 6.09. The molecule has 0 saturated heterocycles. The molecule has 0 amide bonds. The summed E-state index contributed by atoms with van der Waals surface area (Å²) in [6, 6.07) is 12.5. The molecule has 0 N–H and O–H groups in total. The number of carbonyl (C=O) groups excluding carboxylic acids is 1. The van der Waals surface area contributed by atoms with E-state index >= 15 is 0 Å². The second kappa shape index (κ2) is 5.27. The van der Waals surface area contributed by atoms with Crippen LogP contribution in [-0.4, -0.2) is 11.6 Å². The minimum atomic E-state index is -0.978. The van der Waals surface area contributed by atoms with E-state index in [9.17, 15) is 4.79 Å². The fourth-order valence-electron chi connectivity index (χ4n) is 2.22. The summed E-state index contributed by atoms with van der Waals surface area (Å²) in [7, 11) is 0. The Morgan fingerprint density at radius 1 is 1.29 bits per heavy atom. The van der Waals surface area contributed by atoms with E-state index in [1.165, 1.54) is 6.07 Å². The van der Waals surface area contributed by atoms with Crippen molar-refractivity contribution in [2.45, 2.75) is 24.9 Å². The zero-order valence-corrected chi connectivity index (χ0v) is 11.9. The molecule has 1 heterocycles. The molecule has 1 aromatic heterocycles. The van der Waals surface area contributed by atoms with Crippen molar-refractivity contribution in [1.29, 1.82) is 5.26 Å². The molecule has 106 valence electrons. The standard InChI is InChI=1S/C16H12ClNO3/c17-12-5-2-1-4-11(12)13-6-7-14(20-13)15(19)21-16(10-18)8-3-9-16/h1-2,4-7H,3,8-9H2. The van der Waals surface area contributed by atoms with Gasteiger partial charge in [0.1, 0.15) is 11.8 Å². The number of hydrogen-bond acceptors (Lipinski definition) is 4. The van der Waals surface area contributed by atoms with Gasteiger partial charge in [-0.25, -0.2) is 4.79 Å². The molecule has 0 atom stereocenters. The highest BCUT2D eigenvalue weighted by Gasteiger charge is 2.42. The minimum Gasteiger partial charge on any atom is -0.449 e. The summed E-state index contributed by atoms with van der Waals surface area (Å²) in [4.78, 5) is 12.0. The van der Waals surface area contributed by atoms with Crippen LogP contribution in [0.3, 0.4) is 0 Å². The van der Waals surface area contributed by atoms with Gasteiger partial charge < -0.3 is 9.15 Å². The van der Waals surface area contributed by atoms with Gasteiger partial charge in [0.15, 0.2) is 5.60 Å². The molecule has 1 aliphatic rings.